The third-order valence-corrected chi connectivity index (χ3v) is 3.03. The van der Waals surface area contributed by atoms with Gasteiger partial charge in [0.25, 0.3) is 0 Å². The van der Waals surface area contributed by atoms with Crippen molar-refractivity contribution in [3.63, 3.8) is 0 Å². The molecule has 0 atom stereocenters. The summed E-state index contributed by atoms with van der Waals surface area (Å²) in [5.41, 5.74) is 0. The molecule has 0 spiro atoms. The Labute approximate surface area is 134 Å². The molecule has 4 heteroatoms. The fourth-order valence-electron chi connectivity index (χ4n) is 1.89. The van der Waals surface area contributed by atoms with E-state index < -0.39 is 5.97 Å². The number of carbonyl (C=O) groups is 1. The van der Waals surface area contributed by atoms with E-state index in [2.05, 4.69) is 43.4 Å². The van der Waals surface area contributed by atoms with Gasteiger partial charge in [0.15, 0.2) is 0 Å². The van der Waals surface area contributed by atoms with Crippen molar-refractivity contribution in [2.75, 3.05) is 0 Å². The van der Waals surface area contributed by atoms with Gasteiger partial charge in [-0.25, -0.2) is 0 Å². The Morgan fingerprint density at radius 1 is 0.818 bits per heavy atom. The van der Waals surface area contributed by atoms with E-state index in [1.807, 2.05) is 0 Å². The molecule has 0 radical (unpaired) electrons. The van der Waals surface area contributed by atoms with Gasteiger partial charge in [0.05, 0.1) is 0 Å². The SMILES string of the molecule is CC/C=C\C/C=C\C/C=C\CCCCCCCC(=O)[O-].OO. The summed E-state index contributed by atoms with van der Waals surface area (Å²) in [7, 11) is 0. The Morgan fingerprint density at radius 3 is 1.91 bits per heavy atom. The van der Waals surface area contributed by atoms with Crippen molar-refractivity contribution in [1.29, 1.82) is 0 Å². The molecule has 0 aliphatic carbocycles. The zero-order chi connectivity index (χ0) is 16.9. The summed E-state index contributed by atoms with van der Waals surface area (Å²) in [5, 5.41) is 22.2. The Balaban J connectivity index is 0. The molecule has 128 valence electrons. The van der Waals surface area contributed by atoms with Crippen molar-refractivity contribution in [2.45, 2.75) is 71.1 Å². The molecule has 4 nitrogen and oxygen atoms in total. The molecule has 0 aromatic heterocycles. The summed E-state index contributed by atoms with van der Waals surface area (Å²) in [5.74, 6) is -0.925. The van der Waals surface area contributed by atoms with Gasteiger partial charge in [-0.05, 0) is 44.9 Å². The van der Waals surface area contributed by atoms with Crippen LogP contribution in [0, 0.1) is 0 Å². The molecule has 0 rings (SSSR count). The summed E-state index contributed by atoms with van der Waals surface area (Å²) in [6, 6.07) is 0. The lowest BCUT2D eigenvalue weighted by Crippen LogP contribution is -2.21. The van der Waals surface area contributed by atoms with Crippen LogP contribution in [0.2, 0.25) is 0 Å². The topological polar surface area (TPSA) is 80.6 Å². The van der Waals surface area contributed by atoms with Gasteiger partial charge in [0.1, 0.15) is 0 Å². The first-order valence-corrected chi connectivity index (χ1v) is 8.12. The van der Waals surface area contributed by atoms with Crippen LogP contribution in [-0.2, 0) is 4.79 Å². The van der Waals surface area contributed by atoms with Crippen LogP contribution in [0.4, 0.5) is 0 Å². The Morgan fingerprint density at radius 2 is 1.32 bits per heavy atom. The van der Waals surface area contributed by atoms with Crippen LogP contribution in [0.1, 0.15) is 71.1 Å². The van der Waals surface area contributed by atoms with Crippen LogP contribution in [0.5, 0.6) is 0 Å². The lowest BCUT2D eigenvalue weighted by Gasteiger charge is -2.01. The minimum absolute atomic E-state index is 0.208. The predicted molar refractivity (Wildman–Crippen MR) is 89.5 cm³/mol. The fourth-order valence-corrected chi connectivity index (χ4v) is 1.89. The molecule has 0 saturated carbocycles. The van der Waals surface area contributed by atoms with Crippen molar-refractivity contribution < 1.29 is 20.4 Å². The maximum absolute atomic E-state index is 10.2. The summed E-state index contributed by atoms with van der Waals surface area (Å²) in [4.78, 5) is 10.2. The van der Waals surface area contributed by atoms with Gasteiger partial charge >= 0.3 is 0 Å². The van der Waals surface area contributed by atoms with E-state index in [1.54, 1.807) is 0 Å². The molecule has 0 heterocycles. The number of aliphatic carboxylic acids is 1. The van der Waals surface area contributed by atoms with Crippen LogP contribution in [0.25, 0.3) is 0 Å². The zero-order valence-electron chi connectivity index (χ0n) is 13.7. The minimum atomic E-state index is -0.925. The monoisotopic (exact) mass is 311 g/mol. The highest BCUT2D eigenvalue weighted by Gasteiger charge is 1.90. The maximum Gasteiger partial charge on any atom is 0.0414 e. The minimum Gasteiger partial charge on any atom is -0.550 e. The second-order valence-corrected chi connectivity index (χ2v) is 4.97. The van der Waals surface area contributed by atoms with E-state index in [1.165, 1.54) is 12.8 Å². The molecule has 0 saturated heterocycles. The van der Waals surface area contributed by atoms with Gasteiger partial charge in [-0.2, -0.15) is 0 Å². The lowest BCUT2D eigenvalue weighted by molar-refractivity contribution is -0.305. The molecular weight excluding hydrogens is 280 g/mol. The number of carboxylic acid groups (broad SMARTS) is 1. The quantitative estimate of drug-likeness (QED) is 0.229. The fraction of sp³-hybridized carbons (Fsp3) is 0.611. The molecule has 0 unspecified atom stereocenters. The number of carbonyl (C=O) groups excluding carboxylic acids is 1. The van der Waals surface area contributed by atoms with Crippen molar-refractivity contribution in [2.24, 2.45) is 0 Å². The largest absolute Gasteiger partial charge is 0.550 e. The molecule has 0 aromatic carbocycles. The molecule has 0 aliphatic rings. The van der Waals surface area contributed by atoms with Gasteiger partial charge in [-0.15, -0.1) is 0 Å². The Hall–Kier alpha value is -1.39. The van der Waals surface area contributed by atoms with Crippen LogP contribution < -0.4 is 5.11 Å². The highest BCUT2D eigenvalue weighted by atomic mass is 17.0. The van der Waals surface area contributed by atoms with Crippen molar-refractivity contribution in [3.05, 3.63) is 36.5 Å². The first-order valence-electron chi connectivity index (χ1n) is 8.12. The molecular formula is C18H31O4-. The van der Waals surface area contributed by atoms with E-state index >= 15 is 0 Å². The van der Waals surface area contributed by atoms with Gasteiger partial charge in [-0.3, -0.25) is 10.5 Å². The van der Waals surface area contributed by atoms with Crippen molar-refractivity contribution >= 4 is 5.97 Å². The first kappa shape index (κ1) is 22.9. The average molecular weight is 311 g/mol. The van der Waals surface area contributed by atoms with E-state index in [-0.39, 0.29) is 6.42 Å². The molecule has 2 N–H and O–H groups in total. The molecule has 0 amide bonds. The van der Waals surface area contributed by atoms with Gasteiger partial charge in [0.2, 0.25) is 0 Å². The summed E-state index contributed by atoms with van der Waals surface area (Å²) < 4.78 is 0. The van der Waals surface area contributed by atoms with Crippen LogP contribution in [-0.4, -0.2) is 16.5 Å². The Bertz CT molecular complexity index is 306. The van der Waals surface area contributed by atoms with E-state index in [0.29, 0.717) is 0 Å². The van der Waals surface area contributed by atoms with Gasteiger partial charge in [-0.1, -0.05) is 62.6 Å². The molecule has 0 bridgehead atoms. The van der Waals surface area contributed by atoms with Crippen molar-refractivity contribution in [3.8, 4) is 0 Å². The highest BCUT2D eigenvalue weighted by Crippen LogP contribution is 2.07. The zero-order valence-corrected chi connectivity index (χ0v) is 13.7. The summed E-state index contributed by atoms with van der Waals surface area (Å²) in [6.07, 6.45) is 23.0. The number of rotatable bonds is 13. The van der Waals surface area contributed by atoms with E-state index in [4.69, 9.17) is 10.5 Å². The second kappa shape index (κ2) is 21.9. The normalized spacial score (nSPS) is 11.2. The number of unbranched alkanes of at least 4 members (excludes halogenated alkanes) is 5. The van der Waals surface area contributed by atoms with E-state index in [9.17, 15) is 9.90 Å². The first-order chi connectivity index (χ1) is 10.8. The maximum atomic E-state index is 10.2. The van der Waals surface area contributed by atoms with Crippen LogP contribution >= 0.6 is 0 Å². The number of hydrogen-bond acceptors (Lipinski definition) is 4. The molecule has 22 heavy (non-hydrogen) atoms. The third kappa shape index (κ3) is 23.7. The summed E-state index contributed by atoms with van der Waals surface area (Å²) >= 11 is 0. The number of carboxylic acids is 1. The summed E-state index contributed by atoms with van der Waals surface area (Å²) in [6.45, 7) is 2.15. The van der Waals surface area contributed by atoms with Crippen LogP contribution in [0.15, 0.2) is 36.5 Å². The second-order valence-electron chi connectivity index (χ2n) is 4.97. The highest BCUT2D eigenvalue weighted by molar-refractivity contribution is 5.63. The molecule has 0 aliphatic heterocycles. The Kier molecular flexibility index (Phi) is 22.8. The van der Waals surface area contributed by atoms with Crippen LogP contribution in [0.3, 0.4) is 0 Å². The molecule has 0 fully saturated rings. The average Bonchev–Trinajstić information content (AvgIpc) is 2.53. The third-order valence-electron chi connectivity index (χ3n) is 3.03. The predicted octanol–water partition coefficient (Wildman–Crippen LogP) is 4.34. The van der Waals surface area contributed by atoms with E-state index in [0.717, 1.165) is 44.9 Å². The number of hydrogen-bond donors (Lipinski definition) is 2. The van der Waals surface area contributed by atoms with Crippen molar-refractivity contribution in [1.82, 2.24) is 0 Å². The number of allylic oxidation sites excluding steroid dienone is 6. The smallest absolute Gasteiger partial charge is 0.0414 e. The standard InChI is InChI=1S/C18H30O2.H2O2/c1-2-3-4-5-6-7-8-9-10-11-12-13-14-15-16-17-18(19)20;1-2/h3-4,6-7,9-10H,2,5,8,11-17H2,1H3,(H,19,20);1-2H/p-1/b4-3-,7-6-,10-9-;. The van der Waals surface area contributed by atoms with Gasteiger partial charge in [0, 0.05) is 5.97 Å². The lowest BCUT2D eigenvalue weighted by atomic mass is 10.1. The molecule has 0 aromatic rings. The van der Waals surface area contributed by atoms with Gasteiger partial charge < -0.3 is 9.90 Å².